The number of nitrogens with zero attached hydrogens (tertiary/aromatic N) is 1. The number of benzene rings is 1. The van der Waals surface area contributed by atoms with Crippen molar-refractivity contribution in [2.75, 3.05) is 13.7 Å². The first kappa shape index (κ1) is 26.7. The van der Waals surface area contributed by atoms with Crippen LogP contribution in [0.5, 0.6) is 11.5 Å². The van der Waals surface area contributed by atoms with E-state index in [9.17, 15) is 14.7 Å². The summed E-state index contributed by atoms with van der Waals surface area (Å²) in [5, 5.41) is 11.3. The van der Waals surface area contributed by atoms with Gasteiger partial charge in [-0.15, -0.1) is 0 Å². The summed E-state index contributed by atoms with van der Waals surface area (Å²) in [6.45, 7) is 9.91. The van der Waals surface area contributed by atoms with Gasteiger partial charge in [0.15, 0.2) is 0 Å². The number of nitrogens with two attached hydrogens (primary N) is 1. The van der Waals surface area contributed by atoms with Gasteiger partial charge in [0.1, 0.15) is 23.8 Å². The first-order valence-electron chi connectivity index (χ1n) is 11.2. The third-order valence-electron chi connectivity index (χ3n) is 7.05. The molecule has 2 rings (SSSR count). The Morgan fingerprint density at radius 1 is 1.39 bits per heavy atom. The van der Waals surface area contributed by atoms with E-state index in [1.165, 1.54) is 13.3 Å². The van der Waals surface area contributed by atoms with Crippen molar-refractivity contribution < 1.29 is 19.4 Å². The lowest BCUT2D eigenvalue weighted by Gasteiger charge is -2.42. The zero-order valence-corrected chi connectivity index (χ0v) is 21.1. The molecule has 0 spiro atoms. The monoisotopic (exact) mass is 474 g/mol. The number of ether oxygens (including phenoxy) is 1. The molecule has 6 nitrogen and oxygen atoms in total. The molecule has 0 aliphatic heterocycles. The molecule has 0 aromatic heterocycles. The van der Waals surface area contributed by atoms with E-state index in [-0.39, 0.29) is 23.6 Å². The van der Waals surface area contributed by atoms with Gasteiger partial charge in [-0.3, -0.25) is 14.6 Å². The Labute approximate surface area is 201 Å². The second-order valence-corrected chi connectivity index (χ2v) is 9.51. The fraction of sp³-hybridized carbons (Fsp3) is 0.500. The number of hydrogen-bond acceptors (Lipinski definition) is 5. The summed E-state index contributed by atoms with van der Waals surface area (Å²) in [7, 11) is 1.50. The summed E-state index contributed by atoms with van der Waals surface area (Å²) in [5.41, 5.74) is 7.50. The number of halogens is 1. The third-order valence-corrected chi connectivity index (χ3v) is 7.51. The number of ketones is 1. The molecule has 1 aliphatic rings. The van der Waals surface area contributed by atoms with E-state index in [0.717, 1.165) is 12.0 Å². The Hall–Kier alpha value is -2.60. The second kappa shape index (κ2) is 11.0. The minimum atomic E-state index is -0.564. The van der Waals surface area contributed by atoms with Gasteiger partial charge in [-0.05, 0) is 43.6 Å². The van der Waals surface area contributed by atoms with E-state index < -0.39 is 5.91 Å². The van der Waals surface area contributed by atoms with Gasteiger partial charge in [-0.25, -0.2) is 0 Å². The summed E-state index contributed by atoms with van der Waals surface area (Å²) in [5.74, 6) is 0.548. The molecule has 33 heavy (non-hydrogen) atoms. The van der Waals surface area contributed by atoms with Crippen molar-refractivity contribution in [3.8, 4) is 11.5 Å². The first-order chi connectivity index (χ1) is 15.4. The van der Waals surface area contributed by atoms with Crippen molar-refractivity contribution in [1.82, 2.24) is 0 Å². The van der Waals surface area contributed by atoms with Gasteiger partial charge in [-0.2, -0.15) is 0 Å². The van der Waals surface area contributed by atoms with Gasteiger partial charge in [0, 0.05) is 29.7 Å². The van der Waals surface area contributed by atoms with E-state index in [1.807, 2.05) is 26.0 Å². The number of hydrogen-bond donors (Lipinski definition) is 2. The molecule has 1 aliphatic carbocycles. The Morgan fingerprint density at radius 2 is 2.06 bits per heavy atom. The number of carbonyl (C=O) groups is 2. The van der Waals surface area contributed by atoms with E-state index >= 15 is 0 Å². The Bertz CT molecular complexity index is 1010. The van der Waals surface area contributed by atoms with Crippen molar-refractivity contribution in [2.24, 2.45) is 28.0 Å². The highest BCUT2D eigenvalue weighted by Crippen LogP contribution is 2.45. The highest BCUT2D eigenvalue weighted by atomic mass is 35.5. The van der Waals surface area contributed by atoms with Crippen LogP contribution >= 0.6 is 11.6 Å². The van der Waals surface area contributed by atoms with Crippen molar-refractivity contribution in [2.45, 2.75) is 53.9 Å². The molecule has 3 atom stereocenters. The quantitative estimate of drug-likeness (QED) is 0.411. The topological polar surface area (TPSA) is 102 Å². The second-order valence-electron chi connectivity index (χ2n) is 9.13. The molecule has 1 saturated carbocycles. The first-order valence-corrected chi connectivity index (χ1v) is 11.6. The van der Waals surface area contributed by atoms with Crippen LogP contribution in [0.3, 0.4) is 0 Å². The van der Waals surface area contributed by atoms with Gasteiger partial charge in [-0.1, -0.05) is 56.2 Å². The minimum Gasteiger partial charge on any atom is -0.507 e. The van der Waals surface area contributed by atoms with Crippen LogP contribution in [0.2, 0.25) is 5.02 Å². The fourth-order valence-electron chi connectivity index (χ4n) is 4.27. The number of primary amides is 1. The highest BCUT2D eigenvalue weighted by Gasteiger charge is 2.41. The number of carbonyl (C=O) groups excluding carboxylic acids is 2. The van der Waals surface area contributed by atoms with Crippen LogP contribution < -0.4 is 10.5 Å². The smallest absolute Gasteiger partial charge is 0.239 e. The Balaban J connectivity index is 2.36. The predicted octanol–water partition coefficient (Wildman–Crippen LogP) is 4.95. The van der Waals surface area contributed by atoms with E-state index in [4.69, 9.17) is 22.1 Å². The predicted molar refractivity (Wildman–Crippen MR) is 133 cm³/mol. The van der Waals surface area contributed by atoms with E-state index in [1.54, 1.807) is 6.92 Å². The van der Waals surface area contributed by atoms with Crippen LogP contribution in [0.1, 0.15) is 57.2 Å². The van der Waals surface area contributed by atoms with E-state index in [0.29, 0.717) is 52.0 Å². The molecule has 0 unspecified atom stereocenters. The zero-order chi connectivity index (χ0) is 24.9. The van der Waals surface area contributed by atoms with Crippen LogP contribution in [0.4, 0.5) is 0 Å². The van der Waals surface area contributed by atoms with Crippen molar-refractivity contribution >= 4 is 29.5 Å². The molecule has 1 aromatic rings. The summed E-state index contributed by atoms with van der Waals surface area (Å²) < 4.78 is 5.48. The molecule has 0 radical (unpaired) electrons. The number of phenols is 1. The molecule has 1 aromatic carbocycles. The number of aliphatic imine (C=N–C) groups is 1. The molecule has 3 N–H and O–H groups in total. The van der Waals surface area contributed by atoms with Crippen LogP contribution in [0.25, 0.3) is 0 Å². The number of aromatic hydroxyl groups is 1. The van der Waals surface area contributed by atoms with Gasteiger partial charge in [0.25, 0.3) is 0 Å². The summed E-state index contributed by atoms with van der Waals surface area (Å²) in [6.07, 6.45) is 9.51. The third kappa shape index (κ3) is 5.85. The molecule has 0 bridgehead atoms. The van der Waals surface area contributed by atoms with Crippen molar-refractivity contribution in [1.29, 1.82) is 0 Å². The summed E-state index contributed by atoms with van der Waals surface area (Å²) >= 11 is 6.50. The molecule has 7 heteroatoms. The number of allylic oxidation sites excluding steroid dienone is 4. The lowest BCUT2D eigenvalue weighted by molar-refractivity contribution is -0.129. The summed E-state index contributed by atoms with van der Waals surface area (Å²) in [6, 6.07) is 0. The standard InChI is InChI=1S/C26H35ClN2O4/c1-15(11-12-26(5)16(2)8-10-21(30)18(26)4)7-9-19-24(32)20(13-29-14-22(28)31)17(3)23(27)25(19)33-6/h7,11-13,16,18,32H,8-10,14H2,1-6H3,(H2,28,31)/b12-11+,15-7+,29-13-/t16-,18+,26+/m1/s1. The maximum Gasteiger partial charge on any atom is 0.239 e. The molecule has 0 saturated heterocycles. The van der Waals surface area contributed by atoms with Crippen LogP contribution in [0.15, 0.2) is 28.8 Å². The minimum absolute atomic E-state index is 0.00193. The zero-order valence-electron chi connectivity index (χ0n) is 20.4. The number of amides is 1. The number of methoxy groups -OCH3 is 1. The largest absolute Gasteiger partial charge is 0.507 e. The number of Topliss-reactive ketones (excluding diaryl/α,β-unsaturated/α-hetero) is 1. The molecular weight excluding hydrogens is 440 g/mol. The molecule has 1 fully saturated rings. The Kier molecular flexibility index (Phi) is 8.89. The van der Waals surface area contributed by atoms with Gasteiger partial charge < -0.3 is 15.6 Å². The van der Waals surface area contributed by atoms with Crippen molar-refractivity contribution in [3.63, 3.8) is 0 Å². The average Bonchev–Trinajstić information content (AvgIpc) is 2.77. The van der Waals surface area contributed by atoms with Gasteiger partial charge in [0.05, 0.1) is 12.1 Å². The molecule has 1 amide bonds. The number of phenolic OH excluding ortho intramolecular Hbond substituents is 1. The average molecular weight is 475 g/mol. The van der Waals surface area contributed by atoms with Crippen molar-refractivity contribution in [3.05, 3.63) is 45.5 Å². The maximum atomic E-state index is 12.3. The molecule has 0 heterocycles. The number of rotatable bonds is 8. The highest BCUT2D eigenvalue weighted by molar-refractivity contribution is 6.33. The molecule has 180 valence electrons. The Morgan fingerprint density at radius 3 is 2.67 bits per heavy atom. The summed E-state index contributed by atoms with van der Waals surface area (Å²) in [4.78, 5) is 27.3. The van der Waals surface area contributed by atoms with Crippen LogP contribution in [-0.2, 0) is 16.0 Å². The van der Waals surface area contributed by atoms with Crippen LogP contribution in [-0.4, -0.2) is 36.7 Å². The molecular formula is C26H35ClN2O4. The van der Waals surface area contributed by atoms with Gasteiger partial charge >= 0.3 is 0 Å². The lowest BCUT2D eigenvalue weighted by atomic mass is 9.61. The fourth-order valence-corrected chi connectivity index (χ4v) is 4.56. The SMILES string of the molecule is COc1c(Cl)c(C)c(/C=N\CC(N)=O)c(O)c1C/C=C(C)/C=C/[C@@]1(C)[C@H](C)CCC(=O)[C@@H]1C. The van der Waals surface area contributed by atoms with Gasteiger partial charge in [0.2, 0.25) is 5.91 Å². The lowest BCUT2D eigenvalue weighted by Crippen LogP contribution is -2.40. The van der Waals surface area contributed by atoms with Crippen LogP contribution in [0, 0.1) is 24.2 Å². The van der Waals surface area contributed by atoms with E-state index in [2.05, 4.69) is 24.9 Å². The maximum absolute atomic E-state index is 12.3. The normalized spacial score (nSPS) is 24.1.